The normalized spacial score (nSPS) is 10.4. The maximum atomic E-state index is 10.0. The lowest BCUT2D eigenvalue weighted by atomic mass is 10.1. The molecule has 0 radical (unpaired) electrons. The number of aromatic hydroxyl groups is 1. The standard InChI is InChI=1S/C19H19N3O3/c1-3-4-14-5-10-19(18(23)11-14)25-13-15-12-22(21-20-15)16-6-8-17(24-2)9-7-16/h3,5-12,23H,1,4,13H2,2H3. The van der Waals surface area contributed by atoms with Crippen LogP contribution < -0.4 is 9.47 Å². The Labute approximate surface area is 145 Å². The Bertz CT molecular complexity index is 857. The first-order chi connectivity index (χ1) is 12.2. The quantitative estimate of drug-likeness (QED) is 0.670. The highest BCUT2D eigenvalue weighted by Gasteiger charge is 2.07. The Morgan fingerprint density at radius 3 is 2.68 bits per heavy atom. The molecule has 3 aromatic rings. The van der Waals surface area contributed by atoms with Gasteiger partial charge in [0.25, 0.3) is 0 Å². The first-order valence-corrected chi connectivity index (χ1v) is 7.81. The molecule has 0 saturated heterocycles. The zero-order chi connectivity index (χ0) is 17.6. The van der Waals surface area contributed by atoms with Gasteiger partial charge in [-0.15, -0.1) is 11.7 Å². The minimum atomic E-state index is 0.0990. The molecule has 0 aliphatic carbocycles. The van der Waals surface area contributed by atoms with Crippen molar-refractivity contribution in [3.63, 3.8) is 0 Å². The molecule has 25 heavy (non-hydrogen) atoms. The molecule has 1 heterocycles. The van der Waals surface area contributed by atoms with E-state index in [4.69, 9.17) is 9.47 Å². The zero-order valence-corrected chi connectivity index (χ0v) is 13.9. The molecule has 0 spiro atoms. The van der Waals surface area contributed by atoms with E-state index < -0.39 is 0 Å². The summed E-state index contributed by atoms with van der Waals surface area (Å²) in [7, 11) is 1.62. The number of ether oxygens (including phenoxy) is 2. The van der Waals surface area contributed by atoms with Gasteiger partial charge in [-0.3, -0.25) is 0 Å². The maximum Gasteiger partial charge on any atom is 0.161 e. The highest BCUT2D eigenvalue weighted by molar-refractivity contribution is 5.42. The van der Waals surface area contributed by atoms with Gasteiger partial charge in [0, 0.05) is 0 Å². The SMILES string of the molecule is C=CCc1ccc(OCc2cn(-c3ccc(OC)cc3)nn2)c(O)c1. The van der Waals surface area contributed by atoms with Crippen molar-refractivity contribution in [3.8, 4) is 22.9 Å². The summed E-state index contributed by atoms with van der Waals surface area (Å²) in [4.78, 5) is 0. The van der Waals surface area contributed by atoms with Crippen LogP contribution in [-0.4, -0.2) is 27.2 Å². The smallest absolute Gasteiger partial charge is 0.161 e. The summed E-state index contributed by atoms with van der Waals surface area (Å²) < 4.78 is 12.4. The summed E-state index contributed by atoms with van der Waals surface area (Å²) in [6.07, 6.45) is 4.27. The van der Waals surface area contributed by atoms with Gasteiger partial charge in [-0.1, -0.05) is 17.4 Å². The molecule has 2 aromatic carbocycles. The van der Waals surface area contributed by atoms with Crippen molar-refractivity contribution in [3.05, 3.63) is 72.6 Å². The first-order valence-electron chi connectivity index (χ1n) is 7.81. The number of allylic oxidation sites excluding steroid dienone is 1. The summed E-state index contributed by atoms with van der Waals surface area (Å²) in [5.74, 6) is 1.29. The second-order valence-corrected chi connectivity index (χ2v) is 5.44. The van der Waals surface area contributed by atoms with Gasteiger partial charge in [0.15, 0.2) is 11.5 Å². The predicted molar refractivity (Wildman–Crippen MR) is 94.3 cm³/mol. The van der Waals surface area contributed by atoms with Crippen molar-refractivity contribution in [1.29, 1.82) is 0 Å². The van der Waals surface area contributed by atoms with Crippen LogP contribution in [0.1, 0.15) is 11.3 Å². The van der Waals surface area contributed by atoms with E-state index in [1.165, 1.54) is 0 Å². The van der Waals surface area contributed by atoms with Gasteiger partial charge in [0.05, 0.1) is 19.0 Å². The van der Waals surface area contributed by atoms with Gasteiger partial charge in [0.1, 0.15) is 18.1 Å². The minimum Gasteiger partial charge on any atom is -0.504 e. The van der Waals surface area contributed by atoms with Crippen LogP contribution in [-0.2, 0) is 13.0 Å². The summed E-state index contributed by atoms with van der Waals surface area (Å²) in [6, 6.07) is 12.8. The summed E-state index contributed by atoms with van der Waals surface area (Å²) in [5.41, 5.74) is 2.51. The average Bonchev–Trinajstić information content (AvgIpc) is 3.10. The van der Waals surface area contributed by atoms with Gasteiger partial charge in [-0.2, -0.15) is 0 Å². The van der Waals surface area contributed by atoms with Crippen molar-refractivity contribution in [1.82, 2.24) is 15.0 Å². The van der Waals surface area contributed by atoms with E-state index in [1.54, 1.807) is 36.2 Å². The van der Waals surface area contributed by atoms with Crippen LogP contribution in [0, 0.1) is 0 Å². The third-order valence-corrected chi connectivity index (χ3v) is 3.66. The van der Waals surface area contributed by atoms with Gasteiger partial charge >= 0.3 is 0 Å². The molecule has 0 bridgehead atoms. The van der Waals surface area contributed by atoms with E-state index in [0.29, 0.717) is 17.9 Å². The fourth-order valence-electron chi connectivity index (χ4n) is 2.36. The Kier molecular flexibility index (Phi) is 4.99. The molecule has 0 aliphatic rings. The molecular formula is C19H19N3O3. The van der Waals surface area contributed by atoms with Crippen molar-refractivity contribution < 1.29 is 14.6 Å². The molecule has 6 nitrogen and oxygen atoms in total. The van der Waals surface area contributed by atoms with Crippen LogP contribution in [0.4, 0.5) is 0 Å². The second-order valence-electron chi connectivity index (χ2n) is 5.44. The van der Waals surface area contributed by atoms with Gasteiger partial charge < -0.3 is 14.6 Å². The Hall–Kier alpha value is -3.28. The van der Waals surface area contributed by atoms with Crippen molar-refractivity contribution >= 4 is 0 Å². The van der Waals surface area contributed by atoms with Crippen molar-refractivity contribution in [2.45, 2.75) is 13.0 Å². The third kappa shape index (κ3) is 3.98. The number of benzene rings is 2. The molecule has 3 rings (SSSR count). The number of hydrogen-bond acceptors (Lipinski definition) is 5. The van der Waals surface area contributed by atoms with Crippen molar-refractivity contribution in [2.75, 3.05) is 7.11 Å². The second kappa shape index (κ2) is 7.53. The summed E-state index contributed by atoms with van der Waals surface area (Å²) >= 11 is 0. The Morgan fingerprint density at radius 2 is 2.00 bits per heavy atom. The number of rotatable bonds is 7. The number of methoxy groups -OCH3 is 1. The zero-order valence-electron chi connectivity index (χ0n) is 13.9. The number of hydrogen-bond donors (Lipinski definition) is 1. The molecule has 128 valence electrons. The topological polar surface area (TPSA) is 69.4 Å². The van der Waals surface area contributed by atoms with E-state index in [1.807, 2.05) is 30.3 Å². The number of aromatic nitrogens is 3. The van der Waals surface area contributed by atoms with Gasteiger partial charge in [-0.05, 0) is 48.4 Å². The van der Waals surface area contributed by atoms with Crippen LogP contribution in [0.2, 0.25) is 0 Å². The average molecular weight is 337 g/mol. The fourth-order valence-corrected chi connectivity index (χ4v) is 2.36. The Morgan fingerprint density at radius 1 is 1.20 bits per heavy atom. The lowest BCUT2D eigenvalue weighted by Gasteiger charge is -2.07. The maximum absolute atomic E-state index is 10.0. The molecule has 0 amide bonds. The molecule has 1 N–H and O–H groups in total. The van der Waals surface area contributed by atoms with E-state index in [-0.39, 0.29) is 12.4 Å². The number of phenols is 1. The predicted octanol–water partition coefficient (Wildman–Crippen LogP) is 3.29. The molecule has 0 unspecified atom stereocenters. The molecule has 6 heteroatoms. The van der Waals surface area contributed by atoms with Crippen LogP contribution in [0.15, 0.2) is 61.3 Å². The lowest BCUT2D eigenvalue weighted by Crippen LogP contribution is -1.96. The van der Waals surface area contributed by atoms with E-state index in [2.05, 4.69) is 16.9 Å². The summed E-state index contributed by atoms with van der Waals surface area (Å²) in [6.45, 7) is 3.90. The van der Waals surface area contributed by atoms with E-state index in [0.717, 1.165) is 17.0 Å². The first kappa shape index (κ1) is 16.6. The number of phenolic OH excluding ortho intramolecular Hbond substituents is 1. The molecule has 0 aliphatic heterocycles. The highest BCUT2D eigenvalue weighted by Crippen LogP contribution is 2.27. The minimum absolute atomic E-state index is 0.0990. The monoisotopic (exact) mass is 337 g/mol. The lowest BCUT2D eigenvalue weighted by molar-refractivity contribution is 0.284. The molecule has 0 atom stereocenters. The van der Waals surface area contributed by atoms with E-state index in [9.17, 15) is 5.11 Å². The van der Waals surface area contributed by atoms with Crippen LogP contribution in [0.25, 0.3) is 5.69 Å². The van der Waals surface area contributed by atoms with E-state index >= 15 is 0 Å². The molecule has 1 aromatic heterocycles. The van der Waals surface area contributed by atoms with Crippen LogP contribution >= 0.6 is 0 Å². The van der Waals surface area contributed by atoms with Crippen LogP contribution in [0.3, 0.4) is 0 Å². The summed E-state index contributed by atoms with van der Waals surface area (Å²) in [5, 5.41) is 18.2. The van der Waals surface area contributed by atoms with Gasteiger partial charge in [0.2, 0.25) is 0 Å². The molecular weight excluding hydrogens is 318 g/mol. The largest absolute Gasteiger partial charge is 0.504 e. The molecule has 0 saturated carbocycles. The van der Waals surface area contributed by atoms with Gasteiger partial charge in [-0.25, -0.2) is 4.68 Å². The molecule has 0 fully saturated rings. The third-order valence-electron chi connectivity index (χ3n) is 3.66. The number of nitrogens with zero attached hydrogens (tertiary/aromatic N) is 3. The Balaban J connectivity index is 1.66. The fraction of sp³-hybridized carbons (Fsp3) is 0.158. The van der Waals surface area contributed by atoms with Crippen LogP contribution in [0.5, 0.6) is 17.2 Å². The highest BCUT2D eigenvalue weighted by atomic mass is 16.5. The van der Waals surface area contributed by atoms with Crippen molar-refractivity contribution in [2.24, 2.45) is 0 Å².